The summed E-state index contributed by atoms with van der Waals surface area (Å²) in [6.07, 6.45) is 3.95. The van der Waals surface area contributed by atoms with Gasteiger partial charge in [-0.3, -0.25) is 4.79 Å². The fourth-order valence-corrected chi connectivity index (χ4v) is 4.12. The molecule has 2 aromatic rings. The van der Waals surface area contributed by atoms with Crippen molar-refractivity contribution in [3.63, 3.8) is 0 Å². The van der Waals surface area contributed by atoms with Crippen LogP contribution in [0.1, 0.15) is 35.4 Å². The zero-order chi connectivity index (χ0) is 16.4. The van der Waals surface area contributed by atoms with Crippen LogP contribution in [0.3, 0.4) is 0 Å². The Bertz CT molecular complexity index is 740. The first kappa shape index (κ1) is 15.3. The molecule has 0 aromatic heterocycles. The molecule has 4 rings (SSSR count). The number of aryl methyl sites for hydroxylation is 1. The molecular weight excluding hydrogens is 296 g/mol. The summed E-state index contributed by atoms with van der Waals surface area (Å²) in [5.74, 6) is 0.581. The second-order valence-corrected chi connectivity index (χ2v) is 6.85. The summed E-state index contributed by atoms with van der Waals surface area (Å²) < 4.78 is 0. The number of anilines is 1. The van der Waals surface area contributed by atoms with Gasteiger partial charge in [-0.05, 0) is 47.9 Å². The van der Waals surface area contributed by atoms with Crippen LogP contribution in [0.15, 0.2) is 48.5 Å². The van der Waals surface area contributed by atoms with E-state index >= 15 is 0 Å². The van der Waals surface area contributed by atoms with Gasteiger partial charge in [-0.2, -0.15) is 0 Å². The maximum atomic E-state index is 12.3. The van der Waals surface area contributed by atoms with Crippen molar-refractivity contribution in [1.82, 2.24) is 5.32 Å². The molecule has 1 aliphatic carbocycles. The molecule has 0 unspecified atom stereocenters. The smallest absolute Gasteiger partial charge is 0.220 e. The highest BCUT2D eigenvalue weighted by Gasteiger charge is 2.24. The van der Waals surface area contributed by atoms with Gasteiger partial charge in [0.15, 0.2) is 0 Å². The highest BCUT2D eigenvalue weighted by molar-refractivity contribution is 5.77. The first-order valence-corrected chi connectivity index (χ1v) is 8.98. The molecule has 1 N–H and O–H groups in total. The molecule has 0 fully saturated rings. The molecule has 2 aromatic carbocycles. The summed E-state index contributed by atoms with van der Waals surface area (Å²) in [5.41, 5.74) is 5.55. The number of hydrogen-bond acceptors (Lipinski definition) is 2. The molecule has 0 saturated heterocycles. The van der Waals surface area contributed by atoms with Crippen molar-refractivity contribution in [1.29, 1.82) is 0 Å². The molecule has 0 saturated carbocycles. The lowest BCUT2D eigenvalue weighted by molar-refractivity contribution is -0.121. The second-order valence-electron chi connectivity index (χ2n) is 6.85. The predicted molar refractivity (Wildman–Crippen MR) is 97.5 cm³/mol. The molecular formula is C21H24N2O. The van der Waals surface area contributed by atoms with E-state index in [1.54, 1.807) is 0 Å². The fraction of sp³-hybridized carbons (Fsp3) is 0.381. The van der Waals surface area contributed by atoms with Crippen LogP contribution in [-0.4, -0.2) is 25.5 Å². The third kappa shape index (κ3) is 3.03. The van der Waals surface area contributed by atoms with Crippen LogP contribution in [0.2, 0.25) is 0 Å². The van der Waals surface area contributed by atoms with Crippen molar-refractivity contribution in [2.45, 2.75) is 31.6 Å². The zero-order valence-corrected chi connectivity index (χ0v) is 14.0. The first-order chi connectivity index (χ1) is 11.8. The molecule has 1 heterocycles. The summed E-state index contributed by atoms with van der Waals surface area (Å²) in [4.78, 5) is 14.7. The minimum atomic E-state index is 0.184. The SMILES string of the molecule is O=C(C[C@H]1CCc2ccccc21)NCCN1CCc2ccccc21. The van der Waals surface area contributed by atoms with Crippen LogP contribution in [-0.2, 0) is 17.6 Å². The number of carbonyl (C=O) groups is 1. The summed E-state index contributed by atoms with van der Waals surface area (Å²) in [5, 5.41) is 3.12. The van der Waals surface area contributed by atoms with E-state index in [0.29, 0.717) is 12.3 Å². The number of nitrogens with one attached hydrogen (secondary N) is 1. The van der Waals surface area contributed by atoms with E-state index in [0.717, 1.165) is 38.9 Å². The maximum absolute atomic E-state index is 12.3. The van der Waals surface area contributed by atoms with Crippen molar-refractivity contribution in [2.75, 3.05) is 24.5 Å². The Morgan fingerprint density at radius 3 is 2.75 bits per heavy atom. The Morgan fingerprint density at radius 2 is 1.83 bits per heavy atom. The largest absolute Gasteiger partial charge is 0.369 e. The lowest BCUT2D eigenvalue weighted by Gasteiger charge is -2.20. The van der Waals surface area contributed by atoms with E-state index < -0.39 is 0 Å². The van der Waals surface area contributed by atoms with Gasteiger partial charge in [0.25, 0.3) is 0 Å². The Labute approximate surface area is 143 Å². The number of amides is 1. The summed E-state index contributed by atoms with van der Waals surface area (Å²) in [6, 6.07) is 17.1. The summed E-state index contributed by atoms with van der Waals surface area (Å²) in [6.45, 7) is 2.68. The topological polar surface area (TPSA) is 32.3 Å². The van der Waals surface area contributed by atoms with Crippen LogP contribution in [0.4, 0.5) is 5.69 Å². The van der Waals surface area contributed by atoms with Gasteiger partial charge in [0.1, 0.15) is 0 Å². The molecule has 2 aliphatic rings. The van der Waals surface area contributed by atoms with Crippen LogP contribution < -0.4 is 10.2 Å². The molecule has 24 heavy (non-hydrogen) atoms. The van der Waals surface area contributed by atoms with Crippen LogP contribution in [0.25, 0.3) is 0 Å². The normalized spacial score (nSPS) is 18.3. The number of para-hydroxylation sites is 1. The van der Waals surface area contributed by atoms with Crippen molar-refractivity contribution in [2.24, 2.45) is 0 Å². The predicted octanol–water partition coefficient (Wildman–Crippen LogP) is 3.29. The number of nitrogens with zero attached hydrogens (tertiary/aromatic N) is 1. The van der Waals surface area contributed by atoms with Crippen molar-refractivity contribution < 1.29 is 4.79 Å². The van der Waals surface area contributed by atoms with Gasteiger partial charge in [0.05, 0.1) is 0 Å². The van der Waals surface area contributed by atoms with Gasteiger partial charge in [-0.1, -0.05) is 42.5 Å². The lowest BCUT2D eigenvalue weighted by atomic mass is 9.97. The van der Waals surface area contributed by atoms with Crippen LogP contribution in [0, 0.1) is 0 Å². The van der Waals surface area contributed by atoms with Gasteiger partial charge in [0.2, 0.25) is 5.91 Å². The van der Waals surface area contributed by atoms with Gasteiger partial charge in [-0.15, -0.1) is 0 Å². The molecule has 3 heteroatoms. The number of carbonyl (C=O) groups excluding carboxylic acids is 1. The molecule has 1 atom stereocenters. The molecule has 0 spiro atoms. The number of rotatable bonds is 5. The van der Waals surface area contributed by atoms with Crippen LogP contribution >= 0.6 is 0 Å². The van der Waals surface area contributed by atoms with Crippen molar-refractivity contribution in [3.05, 3.63) is 65.2 Å². The van der Waals surface area contributed by atoms with E-state index in [1.165, 1.54) is 22.4 Å². The Balaban J connectivity index is 1.26. The third-order valence-electron chi connectivity index (χ3n) is 5.38. The van der Waals surface area contributed by atoms with E-state index in [2.05, 4.69) is 58.7 Å². The summed E-state index contributed by atoms with van der Waals surface area (Å²) in [7, 11) is 0. The highest BCUT2D eigenvalue weighted by atomic mass is 16.1. The monoisotopic (exact) mass is 320 g/mol. The molecule has 1 aliphatic heterocycles. The lowest BCUT2D eigenvalue weighted by Crippen LogP contribution is -2.34. The van der Waals surface area contributed by atoms with E-state index in [4.69, 9.17) is 0 Å². The molecule has 0 radical (unpaired) electrons. The van der Waals surface area contributed by atoms with Gasteiger partial charge in [0, 0.05) is 31.7 Å². The average Bonchev–Trinajstić information content (AvgIpc) is 3.20. The minimum absolute atomic E-state index is 0.184. The average molecular weight is 320 g/mol. The van der Waals surface area contributed by atoms with Crippen molar-refractivity contribution in [3.8, 4) is 0 Å². The Hall–Kier alpha value is -2.29. The molecule has 124 valence electrons. The number of hydrogen-bond donors (Lipinski definition) is 1. The molecule has 1 amide bonds. The number of fused-ring (bicyclic) bond motifs is 2. The summed E-state index contributed by atoms with van der Waals surface area (Å²) >= 11 is 0. The Kier molecular flexibility index (Phi) is 4.24. The van der Waals surface area contributed by atoms with Crippen LogP contribution in [0.5, 0.6) is 0 Å². The Morgan fingerprint density at radius 1 is 1.04 bits per heavy atom. The quantitative estimate of drug-likeness (QED) is 0.917. The highest BCUT2D eigenvalue weighted by Crippen LogP contribution is 2.35. The van der Waals surface area contributed by atoms with E-state index in [1.807, 2.05) is 0 Å². The number of benzene rings is 2. The fourth-order valence-electron chi connectivity index (χ4n) is 4.12. The molecule has 0 bridgehead atoms. The maximum Gasteiger partial charge on any atom is 0.220 e. The minimum Gasteiger partial charge on any atom is -0.369 e. The van der Waals surface area contributed by atoms with E-state index in [-0.39, 0.29) is 5.91 Å². The molecule has 3 nitrogen and oxygen atoms in total. The van der Waals surface area contributed by atoms with Gasteiger partial charge < -0.3 is 10.2 Å². The van der Waals surface area contributed by atoms with Crippen molar-refractivity contribution >= 4 is 11.6 Å². The standard InChI is InChI=1S/C21H24N2O/c24-21(15-18-10-9-16-5-1-3-7-19(16)18)22-12-14-23-13-11-17-6-2-4-8-20(17)23/h1-8,18H,9-15H2,(H,22,24)/t18-/m1/s1. The third-order valence-corrected chi connectivity index (χ3v) is 5.38. The van der Waals surface area contributed by atoms with Gasteiger partial charge in [-0.25, -0.2) is 0 Å². The zero-order valence-electron chi connectivity index (χ0n) is 14.0. The first-order valence-electron chi connectivity index (χ1n) is 8.98. The van der Waals surface area contributed by atoms with E-state index in [9.17, 15) is 4.79 Å². The second kappa shape index (κ2) is 6.68. The van der Waals surface area contributed by atoms with Gasteiger partial charge >= 0.3 is 0 Å².